The lowest BCUT2D eigenvalue weighted by Gasteiger charge is -2.21. The third kappa shape index (κ3) is 4.98. The van der Waals surface area contributed by atoms with Gasteiger partial charge in [0.25, 0.3) is 0 Å². The van der Waals surface area contributed by atoms with Crippen LogP contribution in [0.3, 0.4) is 0 Å². The number of halogens is 1. The summed E-state index contributed by atoms with van der Waals surface area (Å²) in [5.41, 5.74) is 6.25. The number of aliphatic carboxylic acids is 1. The molecule has 1 aliphatic rings. The standard InChI is InChI=1S/C21H24FN3O5/c1-2-29-15-9-16(18(22)17(10-15)30-14-7-8-28-11-14)19(21(26)27)25-13-5-3-12(4-6-13)20(23)24/h3-6,9-10,14,19,25H,2,7-8,11H2,1H3,(H3,23,24)(H,26,27)/t14-,19?/m1/s1. The molecule has 0 radical (unpaired) electrons. The Morgan fingerprint density at radius 2 is 2.13 bits per heavy atom. The smallest absolute Gasteiger partial charge is 0.330 e. The van der Waals surface area contributed by atoms with E-state index in [1.54, 1.807) is 31.2 Å². The monoisotopic (exact) mass is 417 g/mol. The van der Waals surface area contributed by atoms with Gasteiger partial charge in [-0.1, -0.05) is 0 Å². The maximum Gasteiger partial charge on any atom is 0.330 e. The fourth-order valence-corrected chi connectivity index (χ4v) is 3.11. The maximum absolute atomic E-state index is 15.3. The Morgan fingerprint density at radius 1 is 1.40 bits per heavy atom. The zero-order valence-corrected chi connectivity index (χ0v) is 16.5. The number of anilines is 1. The van der Waals surface area contributed by atoms with E-state index >= 15 is 4.39 Å². The topological polar surface area (TPSA) is 127 Å². The number of hydrogen-bond donors (Lipinski definition) is 4. The van der Waals surface area contributed by atoms with Gasteiger partial charge in [0, 0.05) is 29.3 Å². The Morgan fingerprint density at radius 3 is 2.70 bits per heavy atom. The van der Waals surface area contributed by atoms with Crippen LogP contribution >= 0.6 is 0 Å². The van der Waals surface area contributed by atoms with Crippen molar-refractivity contribution in [2.24, 2.45) is 5.73 Å². The summed E-state index contributed by atoms with van der Waals surface area (Å²) < 4.78 is 31.7. The minimum absolute atomic E-state index is 0.0774. The number of benzene rings is 2. The summed E-state index contributed by atoms with van der Waals surface area (Å²) in [6.45, 7) is 2.98. The number of nitrogens with two attached hydrogens (primary N) is 1. The molecule has 9 heteroatoms. The zero-order valence-electron chi connectivity index (χ0n) is 16.5. The Kier molecular flexibility index (Phi) is 6.73. The average Bonchev–Trinajstić information content (AvgIpc) is 3.22. The molecule has 3 rings (SSSR count). The average molecular weight is 417 g/mol. The quantitative estimate of drug-likeness (QED) is 0.365. The fraction of sp³-hybridized carbons (Fsp3) is 0.333. The number of nitrogens with one attached hydrogen (secondary N) is 2. The van der Waals surface area contributed by atoms with Crippen LogP contribution < -0.4 is 20.5 Å². The van der Waals surface area contributed by atoms with Crippen LogP contribution in [0, 0.1) is 11.2 Å². The highest BCUT2D eigenvalue weighted by Gasteiger charge is 2.28. The lowest BCUT2D eigenvalue weighted by Crippen LogP contribution is -2.23. The Balaban J connectivity index is 1.94. The van der Waals surface area contributed by atoms with Gasteiger partial charge in [0.2, 0.25) is 0 Å². The number of amidine groups is 1. The molecule has 1 heterocycles. The molecule has 1 unspecified atom stereocenters. The van der Waals surface area contributed by atoms with E-state index < -0.39 is 17.8 Å². The first kappa shape index (κ1) is 21.4. The molecule has 0 bridgehead atoms. The summed E-state index contributed by atoms with van der Waals surface area (Å²) in [4.78, 5) is 12.0. The van der Waals surface area contributed by atoms with Crippen LogP contribution in [0.1, 0.15) is 30.5 Å². The molecule has 0 saturated carbocycles. The molecule has 8 nitrogen and oxygen atoms in total. The number of rotatable bonds is 9. The van der Waals surface area contributed by atoms with Gasteiger partial charge < -0.3 is 30.4 Å². The van der Waals surface area contributed by atoms with Crippen LogP contribution in [0.25, 0.3) is 0 Å². The second-order valence-electron chi connectivity index (χ2n) is 6.77. The first-order valence-electron chi connectivity index (χ1n) is 9.53. The van der Waals surface area contributed by atoms with Crippen LogP contribution in [-0.4, -0.2) is 42.8 Å². The molecule has 0 aliphatic carbocycles. The second-order valence-corrected chi connectivity index (χ2v) is 6.77. The van der Waals surface area contributed by atoms with Gasteiger partial charge >= 0.3 is 5.97 Å². The molecule has 1 saturated heterocycles. The Labute approximate surface area is 173 Å². The summed E-state index contributed by atoms with van der Waals surface area (Å²) in [5, 5.41) is 20.0. The minimum Gasteiger partial charge on any atom is -0.494 e. The van der Waals surface area contributed by atoms with Gasteiger partial charge in [-0.3, -0.25) is 5.41 Å². The SMILES string of the molecule is CCOc1cc(O[C@@H]2CCOC2)c(F)c(C(Nc2ccc(C(=N)N)cc2)C(=O)O)c1. The van der Waals surface area contributed by atoms with Gasteiger partial charge in [-0.2, -0.15) is 0 Å². The Hall–Kier alpha value is -3.33. The fourth-order valence-electron chi connectivity index (χ4n) is 3.11. The van der Waals surface area contributed by atoms with Crippen molar-refractivity contribution in [1.82, 2.24) is 0 Å². The number of carboxylic acid groups (broad SMARTS) is 1. The van der Waals surface area contributed by atoms with Gasteiger partial charge in [0.05, 0.1) is 19.8 Å². The van der Waals surface area contributed by atoms with E-state index in [-0.39, 0.29) is 23.3 Å². The third-order valence-corrected chi connectivity index (χ3v) is 4.60. The van der Waals surface area contributed by atoms with E-state index in [0.717, 1.165) is 0 Å². The number of carbonyl (C=O) groups is 1. The predicted octanol–water partition coefficient (Wildman–Crippen LogP) is 2.91. The minimum atomic E-state index is -1.39. The highest BCUT2D eigenvalue weighted by molar-refractivity contribution is 5.95. The predicted molar refractivity (Wildman–Crippen MR) is 109 cm³/mol. The van der Waals surface area contributed by atoms with Crippen molar-refractivity contribution in [3.8, 4) is 11.5 Å². The molecule has 30 heavy (non-hydrogen) atoms. The van der Waals surface area contributed by atoms with Crippen molar-refractivity contribution >= 4 is 17.5 Å². The van der Waals surface area contributed by atoms with Crippen LogP contribution in [0.4, 0.5) is 10.1 Å². The molecule has 0 spiro atoms. The highest BCUT2D eigenvalue weighted by atomic mass is 19.1. The van der Waals surface area contributed by atoms with E-state index in [0.29, 0.717) is 43.2 Å². The molecule has 1 aliphatic heterocycles. The van der Waals surface area contributed by atoms with Crippen LogP contribution in [0.15, 0.2) is 36.4 Å². The van der Waals surface area contributed by atoms with Crippen molar-refractivity contribution in [2.75, 3.05) is 25.1 Å². The normalized spacial score (nSPS) is 16.7. The maximum atomic E-state index is 15.3. The third-order valence-electron chi connectivity index (χ3n) is 4.60. The number of carboxylic acids is 1. The highest BCUT2D eigenvalue weighted by Crippen LogP contribution is 2.34. The van der Waals surface area contributed by atoms with Gasteiger partial charge in [-0.05, 0) is 37.3 Å². The molecule has 2 atom stereocenters. The molecule has 2 aromatic carbocycles. The van der Waals surface area contributed by atoms with E-state index in [4.69, 9.17) is 25.4 Å². The number of ether oxygens (including phenoxy) is 3. The summed E-state index contributed by atoms with van der Waals surface area (Å²) in [6, 6.07) is 7.68. The van der Waals surface area contributed by atoms with Gasteiger partial charge in [0.1, 0.15) is 17.7 Å². The molecule has 0 aromatic heterocycles. The second kappa shape index (κ2) is 9.45. The first-order valence-corrected chi connectivity index (χ1v) is 9.53. The number of nitrogen functional groups attached to an aromatic ring is 1. The molecule has 1 fully saturated rings. The van der Waals surface area contributed by atoms with Crippen molar-refractivity contribution in [3.63, 3.8) is 0 Å². The van der Waals surface area contributed by atoms with Crippen molar-refractivity contribution in [3.05, 3.63) is 53.3 Å². The summed E-state index contributed by atoms with van der Waals surface area (Å²) in [5.74, 6) is -1.92. The van der Waals surface area contributed by atoms with Gasteiger partial charge in [-0.15, -0.1) is 0 Å². The largest absolute Gasteiger partial charge is 0.494 e. The Bertz CT molecular complexity index is 914. The number of hydrogen-bond acceptors (Lipinski definition) is 6. The lowest BCUT2D eigenvalue weighted by molar-refractivity contribution is -0.138. The van der Waals surface area contributed by atoms with E-state index in [9.17, 15) is 9.90 Å². The molecular formula is C21H24FN3O5. The molecule has 2 aromatic rings. The van der Waals surface area contributed by atoms with E-state index in [1.165, 1.54) is 12.1 Å². The molecular weight excluding hydrogens is 393 g/mol. The summed E-state index contributed by atoms with van der Waals surface area (Å²) in [7, 11) is 0. The van der Waals surface area contributed by atoms with Crippen LogP contribution in [0.2, 0.25) is 0 Å². The molecule has 0 amide bonds. The van der Waals surface area contributed by atoms with Gasteiger partial charge in [-0.25, -0.2) is 9.18 Å². The van der Waals surface area contributed by atoms with E-state index in [2.05, 4.69) is 5.32 Å². The summed E-state index contributed by atoms with van der Waals surface area (Å²) >= 11 is 0. The van der Waals surface area contributed by atoms with Gasteiger partial charge in [0.15, 0.2) is 17.6 Å². The van der Waals surface area contributed by atoms with Crippen molar-refractivity contribution < 1.29 is 28.5 Å². The van der Waals surface area contributed by atoms with Crippen molar-refractivity contribution in [2.45, 2.75) is 25.5 Å². The molecule has 5 N–H and O–H groups in total. The summed E-state index contributed by atoms with van der Waals surface area (Å²) in [6.07, 6.45) is 0.316. The zero-order chi connectivity index (χ0) is 21.7. The van der Waals surface area contributed by atoms with E-state index in [1.807, 2.05) is 0 Å². The first-order chi connectivity index (χ1) is 14.4. The molecule has 160 valence electrons. The van der Waals surface area contributed by atoms with Crippen molar-refractivity contribution in [1.29, 1.82) is 5.41 Å². The lowest BCUT2D eigenvalue weighted by atomic mass is 10.0. The van der Waals surface area contributed by atoms with Crippen LogP contribution in [-0.2, 0) is 9.53 Å². The van der Waals surface area contributed by atoms with Crippen LogP contribution in [0.5, 0.6) is 11.5 Å².